The van der Waals surface area contributed by atoms with Crippen molar-refractivity contribution in [1.82, 2.24) is 0 Å². The highest BCUT2D eigenvalue weighted by molar-refractivity contribution is 5.62. The minimum Gasteiger partial charge on any atom is -0.493 e. The van der Waals surface area contributed by atoms with Crippen LogP contribution < -0.4 is 9.47 Å². The number of rotatable bonds is 2. The number of hydrogen-bond donors (Lipinski definition) is 0. The Morgan fingerprint density at radius 1 is 1.29 bits per heavy atom. The standard InChI is InChI=1S/C11H11NO2/c1-13-10-5-7-3-4-8(7)9(6-12)11(10)14-2/h5H,3-4H2,1-2H3. The topological polar surface area (TPSA) is 42.2 Å². The number of methoxy groups -OCH3 is 2. The van der Waals surface area contributed by atoms with Crippen molar-refractivity contribution in [1.29, 1.82) is 5.26 Å². The van der Waals surface area contributed by atoms with E-state index in [1.54, 1.807) is 14.2 Å². The molecule has 1 aromatic rings. The first-order valence-corrected chi connectivity index (χ1v) is 4.48. The quantitative estimate of drug-likeness (QED) is 0.710. The third-order valence-electron chi connectivity index (χ3n) is 2.63. The summed E-state index contributed by atoms with van der Waals surface area (Å²) in [7, 11) is 3.15. The van der Waals surface area contributed by atoms with Crippen LogP contribution in [0.4, 0.5) is 0 Å². The van der Waals surface area contributed by atoms with Gasteiger partial charge in [0, 0.05) is 0 Å². The van der Waals surface area contributed by atoms with Gasteiger partial charge in [-0.2, -0.15) is 5.26 Å². The number of nitrogens with zero attached hydrogens (tertiary/aromatic N) is 1. The summed E-state index contributed by atoms with van der Waals surface area (Å²) in [5.41, 5.74) is 2.96. The molecule has 1 aliphatic carbocycles. The van der Waals surface area contributed by atoms with Gasteiger partial charge in [0.2, 0.25) is 0 Å². The molecule has 14 heavy (non-hydrogen) atoms. The van der Waals surface area contributed by atoms with Crippen molar-refractivity contribution >= 4 is 0 Å². The maximum atomic E-state index is 9.02. The SMILES string of the molecule is COc1cc2c(c(C#N)c1OC)CC2. The van der Waals surface area contributed by atoms with E-state index < -0.39 is 0 Å². The van der Waals surface area contributed by atoms with E-state index in [1.165, 1.54) is 5.56 Å². The van der Waals surface area contributed by atoms with Crippen molar-refractivity contribution in [3.05, 3.63) is 22.8 Å². The van der Waals surface area contributed by atoms with Crippen LogP contribution in [0, 0.1) is 11.3 Å². The minimum atomic E-state index is 0.563. The largest absolute Gasteiger partial charge is 0.493 e. The predicted octanol–water partition coefficient (Wildman–Crippen LogP) is 1.67. The molecule has 0 amide bonds. The zero-order chi connectivity index (χ0) is 10.1. The Balaban J connectivity index is 2.66. The molecule has 0 bridgehead atoms. The van der Waals surface area contributed by atoms with Gasteiger partial charge in [0.05, 0.1) is 14.2 Å². The normalized spacial score (nSPS) is 12.4. The maximum Gasteiger partial charge on any atom is 0.178 e. The van der Waals surface area contributed by atoms with Crippen molar-refractivity contribution in [2.75, 3.05) is 14.2 Å². The number of nitriles is 1. The first kappa shape index (κ1) is 8.89. The first-order chi connectivity index (χ1) is 6.81. The number of ether oxygens (including phenoxy) is 2. The third kappa shape index (κ3) is 1.04. The van der Waals surface area contributed by atoms with Crippen LogP contribution >= 0.6 is 0 Å². The molecule has 0 saturated carbocycles. The molecule has 0 saturated heterocycles. The lowest BCUT2D eigenvalue weighted by atomic mass is 9.84. The van der Waals surface area contributed by atoms with Crippen LogP contribution in [-0.4, -0.2) is 14.2 Å². The van der Waals surface area contributed by atoms with Gasteiger partial charge < -0.3 is 9.47 Å². The molecular weight excluding hydrogens is 178 g/mol. The molecule has 0 aromatic heterocycles. The highest BCUT2D eigenvalue weighted by Gasteiger charge is 2.24. The van der Waals surface area contributed by atoms with Crippen LogP contribution in [0.1, 0.15) is 16.7 Å². The summed E-state index contributed by atoms with van der Waals surface area (Å²) in [6.45, 7) is 0. The van der Waals surface area contributed by atoms with Crippen molar-refractivity contribution < 1.29 is 9.47 Å². The monoisotopic (exact) mass is 189 g/mol. The molecule has 72 valence electrons. The van der Waals surface area contributed by atoms with E-state index in [2.05, 4.69) is 6.07 Å². The molecule has 0 N–H and O–H groups in total. The Kier molecular flexibility index (Phi) is 2.05. The van der Waals surface area contributed by atoms with Gasteiger partial charge in [-0.1, -0.05) is 0 Å². The smallest absolute Gasteiger partial charge is 0.178 e. The molecule has 0 fully saturated rings. The summed E-state index contributed by atoms with van der Waals surface area (Å²) in [6, 6.07) is 4.13. The van der Waals surface area contributed by atoms with E-state index >= 15 is 0 Å². The minimum absolute atomic E-state index is 0.563. The van der Waals surface area contributed by atoms with Gasteiger partial charge in [-0.3, -0.25) is 0 Å². The molecule has 2 rings (SSSR count). The highest BCUT2D eigenvalue weighted by Crippen LogP contribution is 2.39. The van der Waals surface area contributed by atoms with Gasteiger partial charge in [0.1, 0.15) is 11.6 Å². The molecule has 1 aromatic carbocycles. The molecule has 0 spiro atoms. The second kappa shape index (κ2) is 3.22. The lowest BCUT2D eigenvalue weighted by Crippen LogP contribution is -2.12. The molecule has 3 nitrogen and oxygen atoms in total. The van der Waals surface area contributed by atoms with Gasteiger partial charge >= 0.3 is 0 Å². The third-order valence-corrected chi connectivity index (χ3v) is 2.63. The Labute approximate surface area is 82.9 Å². The summed E-state index contributed by atoms with van der Waals surface area (Å²) < 4.78 is 10.4. The van der Waals surface area contributed by atoms with E-state index in [4.69, 9.17) is 14.7 Å². The van der Waals surface area contributed by atoms with E-state index in [0.717, 1.165) is 18.4 Å². The van der Waals surface area contributed by atoms with Gasteiger partial charge in [-0.15, -0.1) is 0 Å². The lowest BCUT2D eigenvalue weighted by Gasteiger charge is -2.23. The fourth-order valence-corrected chi connectivity index (χ4v) is 1.80. The van der Waals surface area contributed by atoms with E-state index in [1.807, 2.05) is 6.07 Å². The van der Waals surface area contributed by atoms with Gasteiger partial charge in [-0.25, -0.2) is 0 Å². The van der Waals surface area contributed by atoms with Crippen molar-refractivity contribution in [3.63, 3.8) is 0 Å². The van der Waals surface area contributed by atoms with E-state index in [9.17, 15) is 0 Å². The molecule has 0 unspecified atom stereocenters. The van der Waals surface area contributed by atoms with Crippen LogP contribution in [0.15, 0.2) is 6.07 Å². The van der Waals surface area contributed by atoms with Gasteiger partial charge in [0.15, 0.2) is 11.5 Å². The summed E-state index contributed by atoms with van der Waals surface area (Å²) in [4.78, 5) is 0. The zero-order valence-electron chi connectivity index (χ0n) is 8.26. The second-order valence-corrected chi connectivity index (χ2v) is 3.24. The molecule has 3 heteroatoms. The predicted molar refractivity (Wildman–Crippen MR) is 51.7 cm³/mol. The molecule has 0 atom stereocenters. The molecule has 0 heterocycles. The van der Waals surface area contributed by atoms with Crippen LogP contribution in [0.2, 0.25) is 0 Å². The Hall–Kier alpha value is -1.69. The molecule has 0 radical (unpaired) electrons. The first-order valence-electron chi connectivity index (χ1n) is 4.48. The molecule has 1 aliphatic rings. The van der Waals surface area contributed by atoms with Crippen molar-refractivity contribution in [3.8, 4) is 17.6 Å². The Morgan fingerprint density at radius 2 is 2.07 bits per heavy atom. The molecular formula is C11H11NO2. The van der Waals surface area contributed by atoms with Gasteiger partial charge in [-0.05, 0) is 30.0 Å². The Morgan fingerprint density at radius 3 is 2.50 bits per heavy atom. The maximum absolute atomic E-state index is 9.02. The number of aryl methyl sites for hydroxylation is 1. The lowest BCUT2D eigenvalue weighted by molar-refractivity contribution is 0.352. The van der Waals surface area contributed by atoms with E-state index in [-0.39, 0.29) is 0 Å². The summed E-state index contributed by atoms with van der Waals surface area (Å²) in [5, 5.41) is 9.02. The second-order valence-electron chi connectivity index (χ2n) is 3.24. The zero-order valence-corrected chi connectivity index (χ0v) is 8.26. The Bertz CT molecular complexity index is 418. The van der Waals surface area contributed by atoms with Crippen molar-refractivity contribution in [2.45, 2.75) is 12.8 Å². The number of fused-ring (bicyclic) bond motifs is 1. The van der Waals surface area contributed by atoms with Crippen LogP contribution in [0.5, 0.6) is 11.5 Å². The van der Waals surface area contributed by atoms with E-state index in [0.29, 0.717) is 17.1 Å². The average Bonchev–Trinajstić information content (AvgIpc) is 2.18. The van der Waals surface area contributed by atoms with Crippen LogP contribution in [0.25, 0.3) is 0 Å². The van der Waals surface area contributed by atoms with Gasteiger partial charge in [0.25, 0.3) is 0 Å². The molecule has 0 aliphatic heterocycles. The fraction of sp³-hybridized carbons (Fsp3) is 0.364. The summed E-state index contributed by atoms with van der Waals surface area (Å²) in [5.74, 6) is 1.22. The summed E-state index contributed by atoms with van der Waals surface area (Å²) >= 11 is 0. The summed E-state index contributed by atoms with van der Waals surface area (Å²) in [6.07, 6.45) is 2.00. The fourth-order valence-electron chi connectivity index (χ4n) is 1.80. The van der Waals surface area contributed by atoms with Crippen molar-refractivity contribution in [2.24, 2.45) is 0 Å². The average molecular weight is 189 g/mol. The van der Waals surface area contributed by atoms with Crippen LogP contribution in [-0.2, 0) is 12.8 Å². The highest BCUT2D eigenvalue weighted by atomic mass is 16.5. The van der Waals surface area contributed by atoms with Crippen LogP contribution in [0.3, 0.4) is 0 Å². The number of hydrogen-bond acceptors (Lipinski definition) is 3. The number of benzene rings is 1.